The Hall–Kier alpha value is -2.61. The molecule has 1 aromatic carbocycles. The molecule has 4 rings (SSSR count). The number of halogens is 1. The zero-order chi connectivity index (χ0) is 22.3. The smallest absolute Gasteiger partial charge is 0.255 e. The van der Waals surface area contributed by atoms with Gasteiger partial charge in [0, 0.05) is 30.1 Å². The van der Waals surface area contributed by atoms with Crippen LogP contribution in [0.5, 0.6) is 5.75 Å². The molecule has 1 saturated heterocycles. The number of hydrogen-bond acceptors (Lipinski definition) is 6. The number of amides is 2. The number of nitrogens with zero attached hydrogens (tertiary/aromatic N) is 3. The summed E-state index contributed by atoms with van der Waals surface area (Å²) in [5.41, 5.74) is -0.0170. The highest BCUT2D eigenvalue weighted by molar-refractivity contribution is 6.30. The summed E-state index contributed by atoms with van der Waals surface area (Å²) in [6.45, 7) is 6.73. The zero-order valence-corrected chi connectivity index (χ0v) is 18.9. The summed E-state index contributed by atoms with van der Waals surface area (Å²) < 4.78 is 10.9. The maximum absolute atomic E-state index is 13.0. The highest BCUT2D eigenvalue weighted by Crippen LogP contribution is 2.50. The van der Waals surface area contributed by atoms with Gasteiger partial charge in [-0.05, 0) is 43.9 Å². The lowest BCUT2D eigenvalue weighted by molar-refractivity contribution is -0.133. The van der Waals surface area contributed by atoms with Gasteiger partial charge in [-0.2, -0.15) is 4.98 Å². The van der Waals surface area contributed by atoms with E-state index in [0.29, 0.717) is 47.6 Å². The Kier molecular flexibility index (Phi) is 5.68. The van der Waals surface area contributed by atoms with Gasteiger partial charge in [0.25, 0.3) is 5.91 Å². The van der Waals surface area contributed by atoms with Crippen LogP contribution < -0.4 is 10.1 Å². The van der Waals surface area contributed by atoms with E-state index in [9.17, 15) is 9.59 Å². The Morgan fingerprint density at radius 2 is 2.16 bits per heavy atom. The fourth-order valence-electron chi connectivity index (χ4n) is 4.96. The Balaban J connectivity index is 1.56. The molecule has 9 heteroatoms. The van der Waals surface area contributed by atoms with Crippen molar-refractivity contribution in [2.75, 3.05) is 20.2 Å². The van der Waals surface area contributed by atoms with Gasteiger partial charge in [-0.1, -0.05) is 30.6 Å². The SMILES string of the molecule is COc1cc(Cl)ccc1C(=O)N[C@@H]1C[C@H]2CN(C(=O)C(C)C)C[C@@]2(c2nc(C)no2)C1. The molecule has 2 fully saturated rings. The molecule has 0 spiro atoms. The highest BCUT2D eigenvalue weighted by Gasteiger charge is 2.58. The van der Waals surface area contributed by atoms with Crippen molar-refractivity contribution in [3.05, 3.63) is 40.5 Å². The number of methoxy groups -OCH3 is 1. The second kappa shape index (κ2) is 8.15. The lowest BCUT2D eigenvalue weighted by Gasteiger charge is -2.26. The van der Waals surface area contributed by atoms with E-state index < -0.39 is 5.41 Å². The van der Waals surface area contributed by atoms with Gasteiger partial charge in [-0.15, -0.1) is 0 Å². The number of nitrogens with one attached hydrogen (secondary N) is 1. The number of benzene rings is 1. The molecule has 0 bridgehead atoms. The molecule has 3 atom stereocenters. The van der Waals surface area contributed by atoms with E-state index >= 15 is 0 Å². The van der Waals surface area contributed by atoms with Crippen molar-refractivity contribution in [3.63, 3.8) is 0 Å². The molecule has 2 aromatic rings. The van der Waals surface area contributed by atoms with Gasteiger partial charge >= 0.3 is 0 Å². The van der Waals surface area contributed by atoms with Crippen LogP contribution in [-0.4, -0.2) is 53.1 Å². The van der Waals surface area contributed by atoms with Crippen LogP contribution in [-0.2, 0) is 10.2 Å². The lowest BCUT2D eigenvalue weighted by Crippen LogP contribution is -2.40. The molecule has 1 saturated carbocycles. The molecule has 8 nitrogen and oxygen atoms in total. The first kappa shape index (κ1) is 21.6. The summed E-state index contributed by atoms with van der Waals surface area (Å²) in [7, 11) is 1.51. The molecular weight excluding hydrogens is 420 g/mol. The molecule has 0 unspecified atom stereocenters. The number of aryl methyl sites for hydroxylation is 1. The van der Waals surface area contributed by atoms with Crippen molar-refractivity contribution in [2.45, 2.75) is 45.1 Å². The standard InChI is InChI=1S/C22H27ClN4O4/c1-12(2)20(29)27-10-14-7-16(9-22(14,11-27)21-24-13(3)26-31-21)25-19(28)17-6-5-15(23)8-18(17)30-4/h5-6,8,12,14,16H,7,9-11H2,1-4H3,(H,25,28)/t14-,16+,22-/m0/s1. The van der Waals surface area contributed by atoms with E-state index in [-0.39, 0.29) is 29.7 Å². The van der Waals surface area contributed by atoms with Crippen molar-refractivity contribution >= 4 is 23.4 Å². The van der Waals surface area contributed by atoms with E-state index in [2.05, 4.69) is 15.5 Å². The fourth-order valence-corrected chi connectivity index (χ4v) is 5.12. The number of ether oxygens (including phenoxy) is 1. The predicted octanol–water partition coefficient (Wildman–Crippen LogP) is 2.98. The summed E-state index contributed by atoms with van der Waals surface area (Å²) in [6.07, 6.45) is 1.35. The second-order valence-electron chi connectivity index (χ2n) is 8.83. The number of hydrogen-bond donors (Lipinski definition) is 1. The predicted molar refractivity (Wildman–Crippen MR) is 114 cm³/mol. The van der Waals surface area contributed by atoms with Crippen molar-refractivity contribution in [1.29, 1.82) is 0 Å². The van der Waals surface area contributed by atoms with Gasteiger partial charge in [0.1, 0.15) is 5.75 Å². The zero-order valence-electron chi connectivity index (χ0n) is 18.1. The number of carbonyl (C=O) groups is 2. The van der Waals surface area contributed by atoms with Crippen molar-refractivity contribution < 1.29 is 18.8 Å². The van der Waals surface area contributed by atoms with Gasteiger partial charge in [-0.25, -0.2) is 0 Å². The maximum Gasteiger partial charge on any atom is 0.255 e. The van der Waals surface area contributed by atoms with Crippen LogP contribution in [0.1, 0.15) is 48.8 Å². The first-order valence-electron chi connectivity index (χ1n) is 10.5. The third kappa shape index (κ3) is 3.89. The molecule has 2 amide bonds. The van der Waals surface area contributed by atoms with Crippen LogP contribution in [0.15, 0.2) is 22.7 Å². The molecule has 0 radical (unpaired) electrons. The average molecular weight is 447 g/mol. The highest BCUT2D eigenvalue weighted by atomic mass is 35.5. The molecule has 1 aliphatic carbocycles. The molecule has 2 aliphatic rings. The van der Waals surface area contributed by atoms with Crippen LogP contribution in [0.2, 0.25) is 5.02 Å². The minimum Gasteiger partial charge on any atom is -0.496 e. The molecule has 166 valence electrons. The summed E-state index contributed by atoms with van der Waals surface area (Å²) in [6, 6.07) is 4.87. The van der Waals surface area contributed by atoms with E-state index in [1.54, 1.807) is 25.1 Å². The maximum atomic E-state index is 13.0. The third-order valence-corrected chi connectivity index (χ3v) is 6.61. The van der Waals surface area contributed by atoms with Crippen LogP contribution in [0, 0.1) is 18.8 Å². The molecular formula is C22H27ClN4O4. The molecule has 1 N–H and O–H groups in total. The second-order valence-corrected chi connectivity index (χ2v) is 9.26. The van der Waals surface area contributed by atoms with Crippen LogP contribution in [0.25, 0.3) is 0 Å². The van der Waals surface area contributed by atoms with Crippen LogP contribution >= 0.6 is 11.6 Å². The fraction of sp³-hybridized carbons (Fsp3) is 0.545. The Morgan fingerprint density at radius 3 is 2.81 bits per heavy atom. The summed E-state index contributed by atoms with van der Waals surface area (Å²) in [5.74, 6) is 1.51. The largest absolute Gasteiger partial charge is 0.496 e. The lowest BCUT2D eigenvalue weighted by atomic mass is 9.80. The number of carbonyl (C=O) groups excluding carboxylic acids is 2. The van der Waals surface area contributed by atoms with Gasteiger partial charge in [0.05, 0.1) is 18.1 Å². The minimum absolute atomic E-state index is 0.0758. The Labute approximate surface area is 186 Å². The minimum atomic E-state index is -0.451. The van der Waals surface area contributed by atoms with Gasteiger partial charge in [0.2, 0.25) is 11.8 Å². The molecule has 31 heavy (non-hydrogen) atoms. The van der Waals surface area contributed by atoms with Gasteiger partial charge in [-0.3, -0.25) is 9.59 Å². The third-order valence-electron chi connectivity index (χ3n) is 6.38. The van der Waals surface area contributed by atoms with Crippen molar-refractivity contribution in [1.82, 2.24) is 20.4 Å². The quantitative estimate of drug-likeness (QED) is 0.758. The summed E-state index contributed by atoms with van der Waals surface area (Å²) in [5, 5.41) is 7.61. The van der Waals surface area contributed by atoms with E-state index in [4.69, 9.17) is 20.9 Å². The summed E-state index contributed by atoms with van der Waals surface area (Å²) in [4.78, 5) is 32.0. The van der Waals surface area contributed by atoms with Crippen LogP contribution in [0.3, 0.4) is 0 Å². The first-order chi connectivity index (χ1) is 14.7. The topological polar surface area (TPSA) is 97.6 Å². The van der Waals surface area contributed by atoms with Crippen molar-refractivity contribution in [2.24, 2.45) is 11.8 Å². The normalized spacial score (nSPS) is 25.0. The number of likely N-dealkylation sites (tertiary alicyclic amines) is 1. The number of aromatic nitrogens is 2. The first-order valence-corrected chi connectivity index (χ1v) is 10.9. The van der Waals surface area contributed by atoms with Crippen LogP contribution in [0.4, 0.5) is 0 Å². The Bertz CT molecular complexity index is 1010. The number of rotatable bonds is 5. The van der Waals surface area contributed by atoms with Gasteiger partial charge in [0.15, 0.2) is 5.82 Å². The monoisotopic (exact) mass is 446 g/mol. The molecule has 1 aliphatic heterocycles. The molecule has 1 aromatic heterocycles. The van der Waals surface area contributed by atoms with E-state index in [0.717, 1.165) is 6.42 Å². The number of fused-ring (bicyclic) bond motifs is 1. The summed E-state index contributed by atoms with van der Waals surface area (Å²) >= 11 is 6.02. The van der Waals surface area contributed by atoms with E-state index in [1.165, 1.54) is 7.11 Å². The van der Waals surface area contributed by atoms with E-state index in [1.807, 2.05) is 18.7 Å². The average Bonchev–Trinajstić information content (AvgIpc) is 3.39. The van der Waals surface area contributed by atoms with Gasteiger partial charge < -0.3 is 19.5 Å². The molecule has 2 heterocycles. The Morgan fingerprint density at radius 1 is 1.39 bits per heavy atom. The van der Waals surface area contributed by atoms with Crippen molar-refractivity contribution in [3.8, 4) is 5.75 Å².